The van der Waals surface area contributed by atoms with Gasteiger partial charge in [-0.2, -0.15) is 0 Å². The van der Waals surface area contributed by atoms with E-state index in [-0.39, 0.29) is 5.78 Å². The second kappa shape index (κ2) is 3.82. The largest absolute Gasteiger partial charge is 0.399 e. The monoisotopic (exact) mass is 218 g/mol. The number of carbonyl (C=O) groups excluding carboxylic acids is 1. The van der Waals surface area contributed by atoms with E-state index in [2.05, 4.69) is 4.98 Å². The first-order valence-corrected chi connectivity index (χ1v) is 5.31. The number of nitrogens with two attached hydrogens (primary N) is 1. The standard InChI is InChI=1S/C11H10N2OS/c1-7-13-6-10(15-7)11(14)8-2-4-9(12)5-3-8/h2-6H,12H2,1H3. The summed E-state index contributed by atoms with van der Waals surface area (Å²) in [7, 11) is 0. The number of anilines is 1. The summed E-state index contributed by atoms with van der Waals surface area (Å²) in [5.41, 5.74) is 6.85. The summed E-state index contributed by atoms with van der Waals surface area (Å²) in [5.74, 6) is 0.000556. The molecule has 0 saturated heterocycles. The molecule has 2 aromatic rings. The van der Waals surface area contributed by atoms with Crippen LogP contribution in [-0.2, 0) is 0 Å². The lowest BCUT2D eigenvalue weighted by Gasteiger charge is -1.97. The molecule has 0 saturated carbocycles. The Morgan fingerprint density at radius 1 is 1.33 bits per heavy atom. The first-order valence-electron chi connectivity index (χ1n) is 4.49. The minimum atomic E-state index is 0.000556. The Bertz CT molecular complexity index is 488. The summed E-state index contributed by atoms with van der Waals surface area (Å²) in [6.45, 7) is 1.88. The molecule has 0 fully saturated rings. The first-order chi connectivity index (χ1) is 7.16. The van der Waals surface area contributed by atoms with Crippen LogP contribution >= 0.6 is 11.3 Å². The average Bonchev–Trinajstić information content (AvgIpc) is 2.65. The van der Waals surface area contributed by atoms with Gasteiger partial charge in [0.25, 0.3) is 0 Å². The number of ketones is 1. The van der Waals surface area contributed by atoms with E-state index in [1.54, 1.807) is 30.5 Å². The number of nitrogen functional groups attached to an aromatic ring is 1. The maximum Gasteiger partial charge on any atom is 0.204 e. The second-order valence-electron chi connectivity index (χ2n) is 3.19. The summed E-state index contributed by atoms with van der Waals surface area (Å²) in [4.78, 5) is 16.6. The van der Waals surface area contributed by atoms with E-state index in [1.807, 2.05) is 6.92 Å². The molecular formula is C11H10N2OS. The Labute approximate surface area is 91.6 Å². The van der Waals surface area contributed by atoms with Gasteiger partial charge in [0.15, 0.2) is 0 Å². The Kier molecular flexibility index (Phi) is 2.51. The third kappa shape index (κ3) is 2.05. The minimum absolute atomic E-state index is 0.000556. The minimum Gasteiger partial charge on any atom is -0.399 e. The molecular weight excluding hydrogens is 208 g/mol. The van der Waals surface area contributed by atoms with Crippen LogP contribution in [0.5, 0.6) is 0 Å². The zero-order valence-electron chi connectivity index (χ0n) is 8.23. The molecule has 1 aromatic carbocycles. The average molecular weight is 218 g/mol. The van der Waals surface area contributed by atoms with E-state index in [1.165, 1.54) is 11.3 Å². The Morgan fingerprint density at radius 2 is 2.00 bits per heavy atom. The van der Waals surface area contributed by atoms with Crippen LogP contribution in [0.1, 0.15) is 20.2 Å². The first kappa shape index (κ1) is 9.86. The third-order valence-corrected chi connectivity index (χ3v) is 2.93. The summed E-state index contributed by atoms with van der Waals surface area (Å²) in [5, 5.41) is 0.897. The second-order valence-corrected chi connectivity index (χ2v) is 4.43. The number of hydrogen-bond donors (Lipinski definition) is 1. The van der Waals surface area contributed by atoms with Crippen molar-refractivity contribution in [2.45, 2.75) is 6.92 Å². The van der Waals surface area contributed by atoms with Crippen molar-refractivity contribution in [3.8, 4) is 0 Å². The number of aromatic nitrogens is 1. The van der Waals surface area contributed by atoms with E-state index in [0.29, 0.717) is 16.1 Å². The number of rotatable bonds is 2. The van der Waals surface area contributed by atoms with Crippen molar-refractivity contribution in [2.75, 3.05) is 5.73 Å². The van der Waals surface area contributed by atoms with Crippen molar-refractivity contribution >= 4 is 22.8 Å². The van der Waals surface area contributed by atoms with Gasteiger partial charge in [-0.15, -0.1) is 11.3 Å². The summed E-state index contributed by atoms with van der Waals surface area (Å²) in [6, 6.07) is 6.90. The molecule has 15 heavy (non-hydrogen) atoms. The fourth-order valence-electron chi connectivity index (χ4n) is 1.24. The Hall–Kier alpha value is -1.68. The number of nitrogens with zero attached hydrogens (tertiary/aromatic N) is 1. The summed E-state index contributed by atoms with van der Waals surface area (Å²) in [6.07, 6.45) is 1.61. The molecule has 0 bridgehead atoms. The lowest BCUT2D eigenvalue weighted by atomic mass is 10.1. The lowest BCUT2D eigenvalue weighted by molar-refractivity contribution is 0.104. The molecule has 0 unspecified atom stereocenters. The maximum absolute atomic E-state index is 11.9. The van der Waals surface area contributed by atoms with Gasteiger partial charge in [0.05, 0.1) is 9.88 Å². The van der Waals surface area contributed by atoms with E-state index < -0.39 is 0 Å². The van der Waals surface area contributed by atoms with Crippen LogP contribution in [0, 0.1) is 6.92 Å². The quantitative estimate of drug-likeness (QED) is 0.621. The number of carbonyl (C=O) groups is 1. The highest BCUT2D eigenvalue weighted by Gasteiger charge is 2.11. The molecule has 76 valence electrons. The molecule has 2 N–H and O–H groups in total. The van der Waals surface area contributed by atoms with Crippen molar-refractivity contribution in [1.82, 2.24) is 4.98 Å². The van der Waals surface area contributed by atoms with Gasteiger partial charge in [0, 0.05) is 17.4 Å². The normalized spacial score (nSPS) is 10.2. The van der Waals surface area contributed by atoms with E-state index >= 15 is 0 Å². The van der Waals surface area contributed by atoms with Gasteiger partial charge in [-0.05, 0) is 31.2 Å². The van der Waals surface area contributed by atoms with Gasteiger partial charge in [-0.1, -0.05) is 0 Å². The van der Waals surface area contributed by atoms with Crippen LogP contribution in [0.4, 0.5) is 5.69 Å². The third-order valence-electron chi connectivity index (χ3n) is 2.02. The van der Waals surface area contributed by atoms with Crippen molar-refractivity contribution in [3.05, 3.63) is 45.9 Å². The van der Waals surface area contributed by atoms with E-state index in [9.17, 15) is 4.79 Å². The highest BCUT2D eigenvalue weighted by molar-refractivity contribution is 7.13. The van der Waals surface area contributed by atoms with Crippen LogP contribution in [-0.4, -0.2) is 10.8 Å². The zero-order chi connectivity index (χ0) is 10.8. The Morgan fingerprint density at radius 3 is 2.53 bits per heavy atom. The van der Waals surface area contributed by atoms with Gasteiger partial charge in [0.2, 0.25) is 5.78 Å². The molecule has 0 radical (unpaired) electrons. The highest BCUT2D eigenvalue weighted by atomic mass is 32.1. The Balaban J connectivity index is 2.32. The molecule has 1 heterocycles. The molecule has 3 nitrogen and oxygen atoms in total. The van der Waals surface area contributed by atoms with Crippen molar-refractivity contribution in [2.24, 2.45) is 0 Å². The molecule has 0 amide bonds. The fourth-order valence-corrected chi connectivity index (χ4v) is 1.98. The molecule has 0 spiro atoms. The summed E-state index contributed by atoms with van der Waals surface area (Å²) >= 11 is 1.40. The van der Waals surface area contributed by atoms with Crippen LogP contribution in [0.25, 0.3) is 0 Å². The number of aryl methyl sites for hydroxylation is 1. The maximum atomic E-state index is 11.9. The predicted octanol–water partition coefficient (Wildman–Crippen LogP) is 2.26. The SMILES string of the molecule is Cc1ncc(C(=O)c2ccc(N)cc2)s1. The predicted molar refractivity (Wildman–Crippen MR) is 61.1 cm³/mol. The van der Waals surface area contributed by atoms with Gasteiger partial charge in [-0.3, -0.25) is 4.79 Å². The molecule has 0 aliphatic rings. The molecule has 4 heteroatoms. The van der Waals surface area contributed by atoms with E-state index in [0.717, 1.165) is 5.01 Å². The molecule has 0 atom stereocenters. The van der Waals surface area contributed by atoms with Crippen LogP contribution in [0.15, 0.2) is 30.5 Å². The molecule has 1 aromatic heterocycles. The molecule has 0 aliphatic carbocycles. The molecule has 2 rings (SSSR count). The van der Waals surface area contributed by atoms with Crippen molar-refractivity contribution in [3.63, 3.8) is 0 Å². The smallest absolute Gasteiger partial charge is 0.204 e. The fraction of sp³-hybridized carbons (Fsp3) is 0.0909. The van der Waals surface area contributed by atoms with Crippen molar-refractivity contribution < 1.29 is 4.79 Å². The number of thiazole rings is 1. The highest BCUT2D eigenvalue weighted by Crippen LogP contribution is 2.17. The van der Waals surface area contributed by atoms with Gasteiger partial charge in [0.1, 0.15) is 0 Å². The lowest BCUT2D eigenvalue weighted by Crippen LogP contribution is -1.98. The van der Waals surface area contributed by atoms with Crippen LogP contribution < -0.4 is 5.73 Å². The van der Waals surface area contributed by atoms with Gasteiger partial charge in [-0.25, -0.2) is 4.98 Å². The van der Waals surface area contributed by atoms with Crippen LogP contribution in [0.3, 0.4) is 0 Å². The number of hydrogen-bond acceptors (Lipinski definition) is 4. The topological polar surface area (TPSA) is 56.0 Å². The van der Waals surface area contributed by atoms with E-state index in [4.69, 9.17) is 5.73 Å². The van der Waals surface area contributed by atoms with Gasteiger partial charge >= 0.3 is 0 Å². The van der Waals surface area contributed by atoms with Crippen molar-refractivity contribution in [1.29, 1.82) is 0 Å². The zero-order valence-corrected chi connectivity index (χ0v) is 9.04. The summed E-state index contributed by atoms with van der Waals surface area (Å²) < 4.78 is 0. The molecule has 0 aliphatic heterocycles. The van der Waals surface area contributed by atoms with Crippen LogP contribution in [0.2, 0.25) is 0 Å². The van der Waals surface area contributed by atoms with Gasteiger partial charge < -0.3 is 5.73 Å². The number of benzene rings is 1.